The van der Waals surface area contributed by atoms with Crippen molar-refractivity contribution in [3.8, 4) is 34.3 Å². The molecule has 0 atom stereocenters. The highest BCUT2D eigenvalue weighted by Crippen LogP contribution is 2.40. The summed E-state index contributed by atoms with van der Waals surface area (Å²) in [7, 11) is 0. The molecule has 25 heavy (non-hydrogen) atoms. The number of aryl methyl sites for hydroxylation is 1. The normalized spacial score (nSPS) is 13.4. The molecule has 1 amide bonds. The van der Waals surface area contributed by atoms with Gasteiger partial charge in [-0.05, 0) is 36.8 Å². The summed E-state index contributed by atoms with van der Waals surface area (Å²) in [6, 6.07) is 8.30. The van der Waals surface area contributed by atoms with Gasteiger partial charge in [0.2, 0.25) is 5.91 Å². The standard InChI is InChI=1S/C20H21NO3S/c1-4-5-9-23-18-12-16(19-7-6-14(2)25-19)11-17-13-21(15(3)22)8-10-24-20(17)18/h1,6-7,11-12H,5,8-10,13H2,2-3H3. The molecule has 2 heterocycles. The van der Waals surface area contributed by atoms with Crippen molar-refractivity contribution in [2.24, 2.45) is 0 Å². The van der Waals surface area contributed by atoms with E-state index in [1.165, 1.54) is 9.75 Å². The lowest BCUT2D eigenvalue weighted by molar-refractivity contribution is -0.129. The molecule has 0 saturated carbocycles. The van der Waals surface area contributed by atoms with Crippen LogP contribution in [0.3, 0.4) is 0 Å². The largest absolute Gasteiger partial charge is 0.489 e. The number of terminal acetylenes is 1. The van der Waals surface area contributed by atoms with Gasteiger partial charge in [0, 0.05) is 35.2 Å². The fourth-order valence-corrected chi connectivity index (χ4v) is 3.67. The number of carbonyl (C=O) groups excluding carboxylic acids is 1. The SMILES string of the molecule is C#CCCOc1cc(-c2ccc(C)s2)cc2c1OCCN(C(C)=O)C2. The van der Waals surface area contributed by atoms with Gasteiger partial charge in [0.05, 0.1) is 13.2 Å². The molecule has 0 bridgehead atoms. The molecular weight excluding hydrogens is 334 g/mol. The summed E-state index contributed by atoms with van der Waals surface area (Å²) >= 11 is 1.73. The van der Waals surface area contributed by atoms with Crippen LogP contribution in [0.2, 0.25) is 0 Å². The van der Waals surface area contributed by atoms with Gasteiger partial charge >= 0.3 is 0 Å². The van der Waals surface area contributed by atoms with Crippen molar-refractivity contribution in [1.29, 1.82) is 0 Å². The Morgan fingerprint density at radius 3 is 2.96 bits per heavy atom. The Balaban J connectivity index is 2.02. The number of hydrogen-bond acceptors (Lipinski definition) is 4. The van der Waals surface area contributed by atoms with Gasteiger partial charge in [0.1, 0.15) is 6.61 Å². The van der Waals surface area contributed by atoms with Crippen LogP contribution in [0, 0.1) is 19.3 Å². The zero-order valence-corrected chi connectivity index (χ0v) is 15.3. The first kappa shape index (κ1) is 17.4. The maximum absolute atomic E-state index is 11.8. The fourth-order valence-electron chi connectivity index (χ4n) is 2.81. The predicted octanol–water partition coefficient (Wildman–Crippen LogP) is 3.87. The third kappa shape index (κ3) is 3.97. The van der Waals surface area contributed by atoms with E-state index in [1.54, 1.807) is 23.2 Å². The van der Waals surface area contributed by atoms with Gasteiger partial charge in [-0.15, -0.1) is 23.7 Å². The van der Waals surface area contributed by atoms with E-state index < -0.39 is 0 Å². The van der Waals surface area contributed by atoms with Crippen LogP contribution in [0.15, 0.2) is 24.3 Å². The number of thiophene rings is 1. The lowest BCUT2D eigenvalue weighted by Crippen LogP contribution is -2.30. The van der Waals surface area contributed by atoms with E-state index >= 15 is 0 Å². The van der Waals surface area contributed by atoms with Crippen LogP contribution in [0.25, 0.3) is 10.4 Å². The zero-order chi connectivity index (χ0) is 17.8. The van der Waals surface area contributed by atoms with E-state index in [9.17, 15) is 4.79 Å². The topological polar surface area (TPSA) is 38.8 Å². The highest BCUT2D eigenvalue weighted by molar-refractivity contribution is 7.15. The van der Waals surface area contributed by atoms with E-state index in [0.717, 1.165) is 16.9 Å². The van der Waals surface area contributed by atoms with Crippen LogP contribution >= 0.6 is 11.3 Å². The number of carbonyl (C=O) groups is 1. The Morgan fingerprint density at radius 2 is 2.28 bits per heavy atom. The number of ether oxygens (including phenoxy) is 2. The molecule has 0 aliphatic carbocycles. The van der Waals surface area contributed by atoms with E-state index in [0.29, 0.717) is 38.5 Å². The van der Waals surface area contributed by atoms with Gasteiger partial charge in [-0.2, -0.15) is 0 Å². The molecular formula is C20H21NO3S. The van der Waals surface area contributed by atoms with Gasteiger partial charge in [0.25, 0.3) is 0 Å². The van der Waals surface area contributed by atoms with Crippen molar-refractivity contribution in [2.45, 2.75) is 26.8 Å². The van der Waals surface area contributed by atoms with Crippen LogP contribution in [0.1, 0.15) is 23.8 Å². The Bertz CT molecular complexity index is 819. The van der Waals surface area contributed by atoms with Crippen molar-refractivity contribution >= 4 is 17.2 Å². The Labute approximate surface area is 152 Å². The first-order valence-electron chi connectivity index (χ1n) is 8.27. The van der Waals surface area contributed by atoms with Crippen molar-refractivity contribution < 1.29 is 14.3 Å². The first-order chi connectivity index (χ1) is 12.1. The Hall–Kier alpha value is -2.45. The average Bonchev–Trinajstić information content (AvgIpc) is 2.89. The summed E-state index contributed by atoms with van der Waals surface area (Å²) in [4.78, 5) is 16.0. The van der Waals surface area contributed by atoms with Crippen molar-refractivity contribution in [2.75, 3.05) is 19.8 Å². The fraction of sp³-hybridized carbons (Fsp3) is 0.350. The molecule has 1 aromatic carbocycles. The number of benzene rings is 1. The van der Waals surface area contributed by atoms with Gasteiger partial charge in [0.15, 0.2) is 11.5 Å². The Kier molecular flexibility index (Phi) is 5.30. The third-order valence-corrected chi connectivity index (χ3v) is 5.12. The molecule has 0 spiro atoms. The van der Waals surface area contributed by atoms with Crippen LogP contribution in [-0.2, 0) is 11.3 Å². The van der Waals surface area contributed by atoms with Crippen molar-refractivity contribution in [3.63, 3.8) is 0 Å². The lowest BCUT2D eigenvalue weighted by atomic mass is 10.1. The third-order valence-electron chi connectivity index (χ3n) is 4.07. The number of fused-ring (bicyclic) bond motifs is 1. The van der Waals surface area contributed by atoms with E-state index in [-0.39, 0.29) is 5.91 Å². The average molecular weight is 355 g/mol. The molecule has 1 aromatic heterocycles. The molecule has 0 fully saturated rings. The van der Waals surface area contributed by atoms with E-state index in [1.807, 2.05) is 6.07 Å². The number of amides is 1. The van der Waals surface area contributed by atoms with Crippen LogP contribution in [0.4, 0.5) is 0 Å². The molecule has 0 N–H and O–H groups in total. The van der Waals surface area contributed by atoms with Gasteiger partial charge in [-0.1, -0.05) is 0 Å². The molecule has 1 aliphatic rings. The van der Waals surface area contributed by atoms with Crippen LogP contribution in [0.5, 0.6) is 11.5 Å². The maximum Gasteiger partial charge on any atom is 0.219 e. The second-order valence-corrected chi connectivity index (χ2v) is 7.25. The van der Waals surface area contributed by atoms with E-state index in [2.05, 4.69) is 31.0 Å². The second kappa shape index (κ2) is 7.62. The minimum atomic E-state index is 0.0450. The second-order valence-electron chi connectivity index (χ2n) is 5.96. The molecule has 5 heteroatoms. The van der Waals surface area contributed by atoms with E-state index in [4.69, 9.17) is 15.9 Å². The minimum Gasteiger partial charge on any atom is -0.489 e. The van der Waals surface area contributed by atoms with Crippen molar-refractivity contribution in [3.05, 3.63) is 34.7 Å². The minimum absolute atomic E-state index is 0.0450. The quantitative estimate of drug-likeness (QED) is 0.617. The first-order valence-corrected chi connectivity index (χ1v) is 9.08. The Morgan fingerprint density at radius 1 is 1.44 bits per heavy atom. The number of hydrogen-bond donors (Lipinski definition) is 0. The molecule has 0 unspecified atom stereocenters. The summed E-state index contributed by atoms with van der Waals surface area (Å²) in [5, 5.41) is 0. The summed E-state index contributed by atoms with van der Waals surface area (Å²) in [6.07, 6.45) is 5.87. The van der Waals surface area contributed by atoms with Crippen molar-refractivity contribution in [1.82, 2.24) is 4.90 Å². The smallest absolute Gasteiger partial charge is 0.219 e. The number of nitrogens with zero attached hydrogens (tertiary/aromatic N) is 1. The molecule has 4 nitrogen and oxygen atoms in total. The molecule has 3 rings (SSSR count). The number of rotatable bonds is 4. The lowest BCUT2D eigenvalue weighted by Gasteiger charge is -2.18. The highest BCUT2D eigenvalue weighted by atomic mass is 32.1. The molecule has 1 aliphatic heterocycles. The monoisotopic (exact) mass is 355 g/mol. The molecule has 0 radical (unpaired) electrons. The maximum atomic E-state index is 11.8. The molecule has 0 saturated heterocycles. The predicted molar refractivity (Wildman–Crippen MR) is 100 cm³/mol. The molecule has 130 valence electrons. The van der Waals surface area contributed by atoms with Gasteiger partial charge < -0.3 is 14.4 Å². The zero-order valence-electron chi connectivity index (χ0n) is 14.5. The summed E-state index contributed by atoms with van der Waals surface area (Å²) in [6.45, 7) is 5.66. The molecule has 2 aromatic rings. The summed E-state index contributed by atoms with van der Waals surface area (Å²) in [5.74, 6) is 4.04. The summed E-state index contributed by atoms with van der Waals surface area (Å²) < 4.78 is 11.8. The van der Waals surface area contributed by atoms with Gasteiger partial charge in [-0.25, -0.2) is 0 Å². The summed E-state index contributed by atoms with van der Waals surface area (Å²) in [5.41, 5.74) is 2.04. The van der Waals surface area contributed by atoms with Gasteiger partial charge in [-0.3, -0.25) is 4.79 Å². The van der Waals surface area contributed by atoms with Crippen LogP contribution < -0.4 is 9.47 Å². The highest BCUT2D eigenvalue weighted by Gasteiger charge is 2.22. The van der Waals surface area contributed by atoms with Crippen LogP contribution in [-0.4, -0.2) is 30.6 Å².